The van der Waals surface area contributed by atoms with Crippen LogP contribution in [0.2, 0.25) is 0 Å². The average Bonchev–Trinajstić information content (AvgIpc) is 2.51. The lowest BCUT2D eigenvalue weighted by Gasteiger charge is -2.18. The highest BCUT2D eigenvalue weighted by molar-refractivity contribution is 5.95. The fourth-order valence-electron chi connectivity index (χ4n) is 2.56. The zero-order valence-corrected chi connectivity index (χ0v) is 14.3. The van der Waals surface area contributed by atoms with Crippen molar-refractivity contribution in [1.82, 2.24) is 0 Å². The van der Waals surface area contributed by atoms with Gasteiger partial charge in [0, 0.05) is 5.69 Å². The molecule has 0 saturated carbocycles. The molecular weight excluding hydrogens is 290 g/mol. The van der Waals surface area contributed by atoms with Gasteiger partial charge < -0.3 is 14.8 Å². The highest BCUT2D eigenvalue weighted by Crippen LogP contribution is 2.27. The van der Waals surface area contributed by atoms with Gasteiger partial charge in [-0.2, -0.15) is 0 Å². The lowest BCUT2D eigenvalue weighted by molar-refractivity contribution is -0.122. The molecule has 4 heteroatoms. The Hall–Kier alpha value is -2.49. The molecule has 0 spiro atoms. The average molecular weight is 313 g/mol. The Bertz CT molecular complexity index is 687. The molecule has 4 nitrogen and oxygen atoms in total. The van der Waals surface area contributed by atoms with E-state index in [1.54, 1.807) is 26.2 Å². The van der Waals surface area contributed by atoms with E-state index in [0.29, 0.717) is 11.5 Å². The smallest absolute Gasteiger partial charge is 0.265 e. The van der Waals surface area contributed by atoms with Gasteiger partial charge in [-0.15, -0.1) is 0 Å². The summed E-state index contributed by atoms with van der Waals surface area (Å²) in [5.41, 5.74) is 4.10. The van der Waals surface area contributed by atoms with E-state index >= 15 is 0 Å². The highest BCUT2D eigenvalue weighted by atomic mass is 16.5. The number of amides is 1. The molecule has 0 aliphatic carbocycles. The van der Waals surface area contributed by atoms with E-state index in [0.717, 1.165) is 16.8 Å². The number of nitrogens with one attached hydrogen (secondary N) is 1. The number of para-hydroxylation sites is 2. The van der Waals surface area contributed by atoms with E-state index in [1.165, 1.54) is 5.56 Å². The molecule has 1 atom stereocenters. The lowest BCUT2D eigenvalue weighted by Crippen LogP contribution is -2.30. The maximum absolute atomic E-state index is 12.4. The molecule has 2 aromatic rings. The molecule has 0 aliphatic heterocycles. The molecule has 0 fully saturated rings. The number of hydrogen-bond donors (Lipinski definition) is 1. The number of ether oxygens (including phenoxy) is 2. The zero-order chi connectivity index (χ0) is 17.0. The van der Waals surface area contributed by atoms with Gasteiger partial charge in [-0.05, 0) is 51.0 Å². The van der Waals surface area contributed by atoms with Crippen molar-refractivity contribution in [3.05, 3.63) is 53.1 Å². The second kappa shape index (κ2) is 7.18. The Morgan fingerprint density at radius 3 is 2.17 bits per heavy atom. The van der Waals surface area contributed by atoms with Crippen LogP contribution in [-0.2, 0) is 4.79 Å². The minimum absolute atomic E-state index is 0.189. The molecule has 0 heterocycles. The summed E-state index contributed by atoms with van der Waals surface area (Å²) in [7, 11) is 1.58. The normalized spacial score (nSPS) is 11.7. The van der Waals surface area contributed by atoms with Gasteiger partial charge in [0.2, 0.25) is 0 Å². The second-order valence-corrected chi connectivity index (χ2v) is 5.67. The Labute approximate surface area is 137 Å². The summed E-state index contributed by atoms with van der Waals surface area (Å²) in [6, 6.07) is 11.4. The van der Waals surface area contributed by atoms with Crippen LogP contribution in [0.3, 0.4) is 0 Å². The van der Waals surface area contributed by atoms with Gasteiger partial charge in [0.1, 0.15) is 0 Å². The molecule has 0 bridgehead atoms. The van der Waals surface area contributed by atoms with Gasteiger partial charge in [0.05, 0.1) is 7.11 Å². The topological polar surface area (TPSA) is 47.6 Å². The molecular formula is C19H23NO3. The number of methoxy groups -OCH3 is 1. The minimum Gasteiger partial charge on any atom is -0.493 e. The maximum atomic E-state index is 12.4. The van der Waals surface area contributed by atoms with E-state index in [-0.39, 0.29) is 5.91 Å². The number of benzene rings is 2. The van der Waals surface area contributed by atoms with Gasteiger partial charge >= 0.3 is 0 Å². The third kappa shape index (κ3) is 4.03. The third-order valence-electron chi connectivity index (χ3n) is 3.67. The Morgan fingerprint density at radius 1 is 1.04 bits per heavy atom. The fourth-order valence-corrected chi connectivity index (χ4v) is 2.56. The van der Waals surface area contributed by atoms with Crippen molar-refractivity contribution in [3.63, 3.8) is 0 Å². The molecule has 122 valence electrons. The van der Waals surface area contributed by atoms with E-state index < -0.39 is 6.10 Å². The number of carbonyl (C=O) groups is 1. The molecule has 0 radical (unpaired) electrons. The largest absolute Gasteiger partial charge is 0.493 e. The van der Waals surface area contributed by atoms with E-state index in [2.05, 4.69) is 5.32 Å². The Kier molecular flexibility index (Phi) is 5.27. The molecule has 2 rings (SSSR count). The van der Waals surface area contributed by atoms with Crippen molar-refractivity contribution in [2.45, 2.75) is 33.8 Å². The second-order valence-electron chi connectivity index (χ2n) is 5.67. The first kappa shape index (κ1) is 16.9. The van der Waals surface area contributed by atoms with Crippen LogP contribution >= 0.6 is 0 Å². The van der Waals surface area contributed by atoms with Crippen LogP contribution in [-0.4, -0.2) is 19.1 Å². The summed E-state index contributed by atoms with van der Waals surface area (Å²) in [6.07, 6.45) is -0.633. The summed E-state index contributed by atoms with van der Waals surface area (Å²) in [4.78, 5) is 12.4. The third-order valence-corrected chi connectivity index (χ3v) is 3.67. The van der Waals surface area contributed by atoms with E-state index in [9.17, 15) is 4.79 Å². The van der Waals surface area contributed by atoms with Crippen LogP contribution in [0.5, 0.6) is 11.5 Å². The number of carbonyl (C=O) groups excluding carboxylic acids is 1. The number of rotatable bonds is 5. The first-order valence-corrected chi connectivity index (χ1v) is 7.60. The van der Waals surface area contributed by atoms with Crippen molar-refractivity contribution in [3.8, 4) is 11.5 Å². The highest BCUT2D eigenvalue weighted by Gasteiger charge is 2.18. The molecule has 1 amide bonds. The minimum atomic E-state index is -0.633. The number of anilines is 1. The summed E-state index contributed by atoms with van der Waals surface area (Å²) in [5.74, 6) is 0.968. The van der Waals surface area contributed by atoms with Crippen LogP contribution in [0.15, 0.2) is 36.4 Å². The summed E-state index contributed by atoms with van der Waals surface area (Å²) in [6.45, 7) is 7.74. The maximum Gasteiger partial charge on any atom is 0.265 e. The van der Waals surface area contributed by atoms with Crippen molar-refractivity contribution in [2.24, 2.45) is 0 Å². The van der Waals surface area contributed by atoms with Crippen LogP contribution in [0.25, 0.3) is 0 Å². The molecule has 0 aliphatic rings. The van der Waals surface area contributed by atoms with Crippen LogP contribution in [0.1, 0.15) is 23.6 Å². The fraction of sp³-hybridized carbons (Fsp3) is 0.316. The lowest BCUT2D eigenvalue weighted by atomic mass is 10.0. The summed E-state index contributed by atoms with van der Waals surface area (Å²) >= 11 is 0. The van der Waals surface area contributed by atoms with E-state index in [4.69, 9.17) is 9.47 Å². The molecule has 0 saturated heterocycles. The van der Waals surface area contributed by atoms with Crippen LogP contribution in [0, 0.1) is 20.8 Å². The van der Waals surface area contributed by atoms with Gasteiger partial charge in [-0.1, -0.05) is 29.8 Å². The molecule has 2 aromatic carbocycles. The van der Waals surface area contributed by atoms with Gasteiger partial charge in [0.15, 0.2) is 17.6 Å². The van der Waals surface area contributed by atoms with Crippen molar-refractivity contribution in [1.29, 1.82) is 0 Å². The van der Waals surface area contributed by atoms with Crippen molar-refractivity contribution >= 4 is 11.6 Å². The van der Waals surface area contributed by atoms with Gasteiger partial charge in [-0.3, -0.25) is 4.79 Å². The van der Waals surface area contributed by atoms with Crippen molar-refractivity contribution < 1.29 is 14.3 Å². The quantitative estimate of drug-likeness (QED) is 0.906. The predicted molar refractivity (Wildman–Crippen MR) is 92.4 cm³/mol. The number of aryl methyl sites for hydroxylation is 3. The standard InChI is InChI=1S/C19H23NO3/c1-12-10-13(2)18(14(3)11-12)20-19(21)15(4)23-17-9-7-6-8-16(17)22-5/h6-11,15H,1-5H3,(H,20,21)/t15-/m1/s1. The SMILES string of the molecule is COc1ccccc1O[C@H](C)C(=O)Nc1c(C)cc(C)cc1C. The first-order valence-electron chi connectivity index (χ1n) is 7.60. The number of hydrogen-bond acceptors (Lipinski definition) is 3. The first-order chi connectivity index (χ1) is 10.9. The monoisotopic (exact) mass is 313 g/mol. The van der Waals surface area contributed by atoms with Crippen molar-refractivity contribution in [2.75, 3.05) is 12.4 Å². The summed E-state index contributed by atoms with van der Waals surface area (Å²) < 4.78 is 11.0. The predicted octanol–water partition coefficient (Wildman–Crippen LogP) is 4.03. The van der Waals surface area contributed by atoms with Crippen LogP contribution < -0.4 is 14.8 Å². The van der Waals surface area contributed by atoms with Gasteiger partial charge in [-0.25, -0.2) is 0 Å². The van der Waals surface area contributed by atoms with Crippen LogP contribution in [0.4, 0.5) is 5.69 Å². The Balaban J connectivity index is 2.12. The molecule has 1 N–H and O–H groups in total. The molecule has 23 heavy (non-hydrogen) atoms. The zero-order valence-electron chi connectivity index (χ0n) is 14.3. The summed E-state index contributed by atoms with van der Waals surface area (Å²) in [5, 5.41) is 2.96. The van der Waals surface area contributed by atoms with E-state index in [1.807, 2.05) is 45.0 Å². The Morgan fingerprint density at radius 2 is 1.61 bits per heavy atom. The molecule has 0 unspecified atom stereocenters. The molecule has 0 aromatic heterocycles. The van der Waals surface area contributed by atoms with Gasteiger partial charge in [0.25, 0.3) is 5.91 Å².